The van der Waals surface area contributed by atoms with E-state index in [0.29, 0.717) is 17.4 Å². The Morgan fingerprint density at radius 3 is 1.21 bits per heavy atom. The van der Waals surface area contributed by atoms with Gasteiger partial charge in [0.05, 0.1) is 33.8 Å². The number of hydrogen-bond donors (Lipinski definition) is 1. The van der Waals surface area contributed by atoms with E-state index in [2.05, 4.69) is 62.5 Å². The number of unbranched alkanes of at least 4 members (excludes halogenated alkanes) is 38. The third-order valence-electron chi connectivity index (χ3n) is 14.7. The standard InChI is InChI=1S/C67H127N2O7P/c1-7-10-13-16-19-22-25-27-29-31-33-34-36-38-40-42-45-48-51-54-57-60-67(71)76-65(58-55-52-49-46-43-24-21-18-15-12-9-3)64(63-75-77(72,73)74-62-61-69(4,5)6)68-66(70)59-56-53-50-47-44-41-39-37-35-32-30-28-26-23-20-17-14-11-8-2/h20,23,27-30,55,58,64-65H,7-19,21-22,24-26,31-54,56-57,59-63H2,1-6H3,(H-,68,70,72,73)/b23-20-,29-27+,30-28-,58-55+. The summed E-state index contributed by atoms with van der Waals surface area (Å²) < 4.78 is 30.4. The number of rotatable bonds is 60. The molecule has 10 heteroatoms. The van der Waals surface area contributed by atoms with E-state index in [4.69, 9.17) is 13.8 Å². The first kappa shape index (κ1) is 75.0. The van der Waals surface area contributed by atoms with Crippen LogP contribution in [0.3, 0.4) is 0 Å². The summed E-state index contributed by atoms with van der Waals surface area (Å²) in [5.41, 5.74) is 0. The second-order valence-corrected chi connectivity index (χ2v) is 25.0. The molecule has 452 valence electrons. The predicted octanol–water partition coefficient (Wildman–Crippen LogP) is 19.8. The number of amides is 1. The highest BCUT2D eigenvalue weighted by molar-refractivity contribution is 7.45. The van der Waals surface area contributed by atoms with Crippen molar-refractivity contribution < 1.29 is 37.3 Å². The molecular weight excluding hydrogens is 976 g/mol. The molecule has 3 atom stereocenters. The van der Waals surface area contributed by atoms with Crippen molar-refractivity contribution in [3.05, 3.63) is 48.6 Å². The number of nitrogens with zero attached hydrogens (tertiary/aromatic N) is 1. The molecule has 9 nitrogen and oxygen atoms in total. The number of nitrogens with one attached hydrogen (secondary N) is 1. The number of hydrogen-bond acceptors (Lipinski definition) is 7. The lowest BCUT2D eigenvalue weighted by atomic mass is 10.0. The zero-order valence-corrected chi connectivity index (χ0v) is 52.6. The van der Waals surface area contributed by atoms with Crippen molar-refractivity contribution in [3.8, 4) is 0 Å². The molecule has 0 aromatic rings. The van der Waals surface area contributed by atoms with Crippen molar-refractivity contribution in [2.24, 2.45) is 0 Å². The molecule has 3 unspecified atom stereocenters. The van der Waals surface area contributed by atoms with Gasteiger partial charge in [-0.1, -0.05) is 262 Å². The number of carbonyl (C=O) groups is 2. The molecule has 1 N–H and O–H groups in total. The van der Waals surface area contributed by atoms with Gasteiger partial charge in [0.25, 0.3) is 7.82 Å². The lowest BCUT2D eigenvalue weighted by molar-refractivity contribution is -0.870. The van der Waals surface area contributed by atoms with Crippen LogP contribution in [0.2, 0.25) is 0 Å². The summed E-state index contributed by atoms with van der Waals surface area (Å²) >= 11 is 0. The second kappa shape index (κ2) is 57.2. The average Bonchev–Trinajstić information content (AvgIpc) is 3.39. The topological polar surface area (TPSA) is 114 Å². The molecule has 0 spiro atoms. The number of phosphoric ester groups is 1. The molecule has 0 aliphatic rings. The molecule has 0 fully saturated rings. The Hall–Kier alpha value is -2.03. The number of phosphoric acid groups is 1. The summed E-state index contributed by atoms with van der Waals surface area (Å²) in [6, 6.07) is -0.890. The molecule has 1 amide bonds. The van der Waals surface area contributed by atoms with Crippen molar-refractivity contribution >= 4 is 19.7 Å². The van der Waals surface area contributed by atoms with Crippen LogP contribution in [-0.2, 0) is 27.9 Å². The number of allylic oxidation sites excluding steroid dienone is 7. The number of likely N-dealkylation sites (N-methyl/N-ethyl adjacent to an activating group) is 1. The Labute approximate surface area is 478 Å². The Morgan fingerprint density at radius 2 is 0.792 bits per heavy atom. The van der Waals surface area contributed by atoms with Crippen molar-refractivity contribution in [2.45, 2.75) is 328 Å². The van der Waals surface area contributed by atoms with E-state index in [1.807, 2.05) is 33.3 Å². The fourth-order valence-electron chi connectivity index (χ4n) is 9.61. The van der Waals surface area contributed by atoms with Gasteiger partial charge < -0.3 is 28.5 Å². The summed E-state index contributed by atoms with van der Waals surface area (Å²) in [6.45, 7) is 6.84. The fourth-order valence-corrected chi connectivity index (χ4v) is 10.3. The van der Waals surface area contributed by atoms with Gasteiger partial charge in [-0.15, -0.1) is 0 Å². The van der Waals surface area contributed by atoms with Gasteiger partial charge in [-0.3, -0.25) is 14.2 Å². The minimum atomic E-state index is -4.70. The summed E-state index contributed by atoms with van der Waals surface area (Å²) in [7, 11) is 1.19. The van der Waals surface area contributed by atoms with Gasteiger partial charge in [-0.25, -0.2) is 0 Å². The number of carbonyl (C=O) groups excluding carboxylic acids is 2. The van der Waals surface area contributed by atoms with Crippen LogP contribution in [-0.4, -0.2) is 69.4 Å². The number of quaternary nitrogens is 1. The Kier molecular flexibility index (Phi) is 55.7. The maximum atomic E-state index is 13.5. The normalized spacial score (nSPS) is 13.9. The van der Waals surface area contributed by atoms with Gasteiger partial charge in [0.15, 0.2) is 0 Å². The lowest BCUT2D eigenvalue weighted by Crippen LogP contribution is -2.47. The molecule has 0 saturated heterocycles. The van der Waals surface area contributed by atoms with Crippen LogP contribution in [0, 0.1) is 0 Å². The van der Waals surface area contributed by atoms with Crippen LogP contribution in [0.25, 0.3) is 0 Å². The fraction of sp³-hybridized carbons (Fsp3) is 0.851. The minimum absolute atomic E-state index is 0.0226. The van der Waals surface area contributed by atoms with Crippen LogP contribution in [0.5, 0.6) is 0 Å². The molecule has 0 aliphatic heterocycles. The molecule has 77 heavy (non-hydrogen) atoms. The number of ether oxygens (including phenoxy) is 1. The maximum absolute atomic E-state index is 13.5. The zero-order valence-electron chi connectivity index (χ0n) is 51.7. The molecule has 0 bridgehead atoms. The quantitative estimate of drug-likeness (QED) is 0.0212. The first-order chi connectivity index (χ1) is 37.4. The van der Waals surface area contributed by atoms with E-state index in [-0.39, 0.29) is 31.5 Å². The van der Waals surface area contributed by atoms with E-state index in [0.717, 1.165) is 77.0 Å². The predicted molar refractivity (Wildman–Crippen MR) is 330 cm³/mol. The highest BCUT2D eigenvalue weighted by Gasteiger charge is 2.27. The smallest absolute Gasteiger partial charge is 0.306 e. The SMILES string of the molecule is CCCCC/C=C\C/C=C\CCCCCCCCCCCC(=O)NC(COP(=O)([O-])OCC[N+](C)(C)C)C(/C=C/CCCCCCCCCCC)OC(=O)CCCCCCCCCCCCC/C=C/CCCCCCCC. The molecule has 0 saturated carbocycles. The summed E-state index contributed by atoms with van der Waals surface area (Å²) in [5.74, 6) is -0.537. The van der Waals surface area contributed by atoms with Gasteiger partial charge in [0.2, 0.25) is 5.91 Å². The van der Waals surface area contributed by atoms with Crippen LogP contribution in [0.1, 0.15) is 316 Å². The molecule has 0 heterocycles. The summed E-state index contributed by atoms with van der Waals surface area (Å²) in [5, 5.41) is 3.03. The molecule has 0 radical (unpaired) electrons. The van der Waals surface area contributed by atoms with Gasteiger partial charge in [0, 0.05) is 12.8 Å². The van der Waals surface area contributed by atoms with Crippen LogP contribution < -0.4 is 10.2 Å². The highest BCUT2D eigenvalue weighted by atomic mass is 31.2. The summed E-state index contributed by atoms with van der Waals surface area (Å²) in [6.07, 6.45) is 70.8. The highest BCUT2D eigenvalue weighted by Crippen LogP contribution is 2.38. The molecule has 0 aromatic carbocycles. The molecule has 0 rings (SSSR count). The zero-order chi connectivity index (χ0) is 56.4. The van der Waals surface area contributed by atoms with Crippen molar-refractivity contribution in [1.29, 1.82) is 0 Å². The van der Waals surface area contributed by atoms with Crippen LogP contribution >= 0.6 is 7.82 Å². The van der Waals surface area contributed by atoms with Crippen molar-refractivity contribution in [2.75, 3.05) is 40.9 Å². The third kappa shape index (κ3) is 58.4. The summed E-state index contributed by atoms with van der Waals surface area (Å²) in [4.78, 5) is 40.0. The number of esters is 1. The maximum Gasteiger partial charge on any atom is 0.306 e. The van der Waals surface area contributed by atoms with E-state index < -0.39 is 20.0 Å². The van der Waals surface area contributed by atoms with E-state index in [9.17, 15) is 19.0 Å². The average molecular weight is 1100 g/mol. The van der Waals surface area contributed by atoms with Crippen molar-refractivity contribution in [3.63, 3.8) is 0 Å². The minimum Gasteiger partial charge on any atom is -0.756 e. The van der Waals surface area contributed by atoms with Crippen LogP contribution in [0.15, 0.2) is 48.6 Å². The van der Waals surface area contributed by atoms with Gasteiger partial charge in [-0.05, 0) is 89.5 Å². The first-order valence-electron chi connectivity index (χ1n) is 32.9. The largest absolute Gasteiger partial charge is 0.756 e. The van der Waals surface area contributed by atoms with Gasteiger partial charge in [0.1, 0.15) is 19.3 Å². The first-order valence-corrected chi connectivity index (χ1v) is 34.4. The third-order valence-corrected chi connectivity index (χ3v) is 15.7. The van der Waals surface area contributed by atoms with E-state index >= 15 is 0 Å². The van der Waals surface area contributed by atoms with E-state index in [1.165, 1.54) is 205 Å². The Balaban J connectivity index is 5.13. The Morgan fingerprint density at radius 1 is 0.455 bits per heavy atom. The molecule has 0 aliphatic carbocycles. The lowest BCUT2D eigenvalue weighted by Gasteiger charge is -2.30. The van der Waals surface area contributed by atoms with Crippen molar-refractivity contribution in [1.82, 2.24) is 5.32 Å². The monoisotopic (exact) mass is 1100 g/mol. The molecular formula is C67H127N2O7P. The second-order valence-electron chi connectivity index (χ2n) is 23.6. The Bertz CT molecular complexity index is 1460. The van der Waals surface area contributed by atoms with E-state index in [1.54, 1.807) is 0 Å². The van der Waals surface area contributed by atoms with Gasteiger partial charge >= 0.3 is 5.97 Å². The van der Waals surface area contributed by atoms with Gasteiger partial charge in [-0.2, -0.15) is 0 Å². The molecule has 0 aromatic heterocycles. The van der Waals surface area contributed by atoms with Crippen LogP contribution in [0.4, 0.5) is 0 Å².